The van der Waals surface area contributed by atoms with Gasteiger partial charge >= 0.3 is 0 Å². The molecule has 2 unspecified atom stereocenters. The number of guanidine groups is 1. The second-order valence-electron chi connectivity index (χ2n) is 6.98. The van der Waals surface area contributed by atoms with E-state index in [0.717, 1.165) is 37.1 Å². The Morgan fingerprint density at radius 3 is 2.81 bits per heavy atom. The molecule has 1 aromatic rings. The van der Waals surface area contributed by atoms with Gasteiger partial charge < -0.3 is 25.0 Å². The van der Waals surface area contributed by atoms with E-state index in [0.29, 0.717) is 12.5 Å². The van der Waals surface area contributed by atoms with E-state index in [2.05, 4.69) is 34.5 Å². The van der Waals surface area contributed by atoms with Crippen molar-refractivity contribution in [2.24, 2.45) is 10.9 Å². The van der Waals surface area contributed by atoms with E-state index in [-0.39, 0.29) is 30.1 Å². The Bertz CT molecular complexity index is 571. The third-order valence-corrected chi connectivity index (χ3v) is 4.51. The van der Waals surface area contributed by atoms with Gasteiger partial charge in [-0.1, -0.05) is 6.07 Å². The van der Waals surface area contributed by atoms with Crippen LogP contribution in [0.3, 0.4) is 0 Å². The molecular weight excluding hydrogens is 455 g/mol. The summed E-state index contributed by atoms with van der Waals surface area (Å²) in [4.78, 5) is 7.09. The molecule has 1 aromatic carbocycles. The smallest absolute Gasteiger partial charge is 0.191 e. The Balaban J connectivity index is 0.00000364. The van der Waals surface area contributed by atoms with Crippen LogP contribution in [-0.2, 0) is 0 Å². The minimum Gasteiger partial charge on any atom is -0.497 e. The zero-order chi connectivity index (χ0) is 18.8. The summed E-state index contributed by atoms with van der Waals surface area (Å²) in [5, 5.41) is 6.81. The van der Waals surface area contributed by atoms with Gasteiger partial charge in [0.2, 0.25) is 0 Å². The van der Waals surface area contributed by atoms with E-state index in [1.807, 2.05) is 31.2 Å². The first-order chi connectivity index (χ1) is 12.6. The highest BCUT2D eigenvalue weighted by Gasteiger charge is 2.17. The van der Waals surface area contributed by atoms with Crippen LogP contribution in [0.2, 0.25) is 0 Å². The molecule has 1 aliphatic heterocycles. The summed E-state index contributed by atoms with van der Waals surface area (Å²) >= 11 is 0. The normalized spacial score (nSPS) is 19.0. The first-order valence-corrected chi connectivity index (χ1v) is 9.62. The first kappa shape index (κ1) is 23.8. The molecule has 7 heteroatoms. The molecule has 0 bridgehead atoms. The third-order valence-electron chi connectivity index (χ3n) is 4.51. The molecule has 2 N–H and O–H groups in total. The van der Waals surface area contributed by atoms with Crippen LogP contribution in [0.25, 0.3) is 0 Å². The lowest BCUT2D eigenvalue weighted by Crippen LogP contribution is -2.43. The predicted octanol–water partition coefficient (Wildman–Crippen LogP) is 2.98. The molecule has 0 aliphatic carbocycles. The van der Waals surface area contributed by atoms with Crippen molar-refractivity contribution in [3.05, 3.63) is 24.3 Å². The number of nitrogens with zero attached hydrogens (tertiary/aromatic N) is 2. The van der Waals surface area contributed by atoms with Crippen molar-refractivity contribution < 1.29 is 9.47 Å². The average molecular weight is 490 g/mol. The lowest BCUT2D eigenvalue weighted by Gasteiger charge is -2.30. The number of hydrogen-bond acceptors (Lipinski definition) is 4. The van der Waals surface area contributed by atoms with Crippen molar-refractivity contribution in [3.63, 3.8) is 0 Å². The number of benzene rings is 1. The van der Waals surface area contributed by atoms with Crippen molar-refractivity contribution in [3.8, 4) is 11.5 Å². The fourth-order valence-corrected chi connectivity index (χ4v) is 3.19. The van der Waals surface area contributed by atoms with Crippen molar-refractivity contribution in [2.75, 3.05) is 46.9 Å². The fraction of sp³-hybridized carbons (Fsp3) is 0.650. The summed E-state index contributed by atoms with van der Waals surface area (Å²) in [6, 6.07) is 7.66. The van der Waals surface area contributed by atoms with E-state index in [4.69, 9.17) is 9.47 Å². The molecule has 1 aliphatic rings. The largest absolute Gasteiger partial charge is 0.497 e. The number of likely N-dealkylation sites (tertiary alicyclic amines) is 1. The van der Waals surface area contributed by atoms with E-state index in [1.165, 1.54) is 19.4 Å². The zero-order valence-electron chi connectivity index (χ0n) is 17.0. The first-order valence-electron chi connectivity index (χ1n) is 9.62. The van der Waals surface area contributed by atoms with Gasteiger partial charge in [-0.3, -0.25) is 0 Å². The molecule has 0 aromatic heterocycles. The van der Waals surface area contributed by atoms with Crippen LogP contribution in [0.5, 0.6) is 11.5 Å². The highest BCUT2D eigenvalue weighted by atomic mass is 127. The Hall–Kier alpha value is -1.22. The van der Waals surface area contributed by atoms with Gasteiger partial charge in [0.05, 0.1) is 13.7 Å². The van der Waals surface area contributed by atoms with E-state index >= 15 is 0 Å². The monoisotopic (exact) mass is 490 g/mol. The van der Waals surface area contributed by atoms with Crippen molar-refractivity contribution in [1.82, 2.24) is 15.5 Å². The summed E-state index contributed by atoms with van der Waals surface area (Å²) in [5.41, 5.74) is 0. The number of methoxy groups -OCH3 is 1. The molecule has 0 spiro atoms. The number of nitrogens with one attached hydrogen (secondary N) is 2. The molecule has 1 heterocycles. The van der Waals surface area contributed by atoms with Gasteiger partial charge in [-0.15, -0.1) is 24.0 Å². The Morgan fingerprint density at radius 2 is 2.11 bits per heavy atom. The van der Waals surface area contributed by atoms with Crippen molar-refractivity contribution >= 4 is 29.9 Å². The molecule has 2 rings (SSSR count). The molecule has 1 saturated heterocycles. The standard InChI is InChI=1S/C20H34N4O2.HI/c1-5-21-20(23-14-17-8-7-11-24(3)15-17)22-13-16(2)26-19-10-6-9-18(12-19)25-4;/h6,9-10,12,16-17H,5,7-8,11,13-15H2,1-4H3,(H2,21,22,23);1H. The lowest BCUT2D eigenvalue weighted by atomic mass is 9.99. The van der Waals surface area contributed by atoms with Gasteiger partial charge in [0.1, 0.15) is 17.6 Å². The maximum atomic E-state index is 5.94. The average Bonchev–Trinajstić information content (AvgIpc) is 2.64. The van der Waals surface area contributed by atoms with E-state index in [9.17, 15) is 0 Å². The van der Waals surface area contributed by atoms with Crippen molar-refractivity contribution in [1.29, 1.82) is 0 Å². The summed E-state index contributed by atoms with van der Waals surface area (Å²) in [6.45, 7) is 8.88. The van der Waals surface area contributed by atoms with E-state index < -0.39 is 0 Å². The quantitative estimate of drug-likeness (QED) is 0.334. The van der Waals surface area contributed by atoms with Gasteiger partial charge in [-0.25, -0.2) is 4.99 Å². The maximum Gasteiger partial charge on any atom is 0.191 e. The fourth-order valence-electron chi connectivity index (χ4n) is 3.19. The number of ether oxygens (including phenoxy) is 2. The third kappa shape index (κ3) is 9.01. The molecule has 6 nitrogen and oxygen atoms in total. The van der Waals surface area contributed by atoms with Crippen LogP contribution in [0.1, 0.15) is 26.7 Å². The molecular formula is C20H35IN4O2. The zero-order valence-corrected chi connectivity index (χ0v) is 19.4. The topological polar surface area (TPSA) is 58.1 Å². The number of aliphatic imine (C=N–C) groups is 1. The Morgan fingerprint density at radius 1 is 1.33 bits per heavy atom. The second kappa shape index (κ2) is 13.0. The Kier molecular flexibility index (Phi) is 11.5. The summed E-state index contributed by atoms with van der Waals surface area (Å²) in [6.07, 6.45) is 2.55. The number of hydrogen-bond donors (Lipinski definition) is 2. The van der Waals surface area contributed by atoms with Gasteiger partial charge in [-0.2, -0.15) is 0 Å². The molecule has 0 amide bonds. The van der Waals surface area contributed by atoms with Crippen molar-refractivity contribution in [2.45, 2.75) is 32.8 Å². The molecule has 1 fully saturated rings. The van der Waals surface area contributed by atoms with Crippen LogP contribution in [0.15, 0.2) is 29.3 Å². The molecule has 154 valence electrons. The predicted molar refractivity (Wildman–Crippen MR) is 123 cm³/mol. The number of piperidine rings is 1. The SMILES string of the molecule is CCNC(=NCC(C)Oc1cccc(OC)c1)NCC1CCCN(C)C1.I. The number of rotatable bonds is 8. The van der Waals surface area contributed by atoms with Gasteiger partial charge in [-0.05, 0) is 58.3 Å². The Labute approximate surface area is 181 Å². The van der Waals surface area contributed by atoms with Gasteiger partial charge in [0.25, 0.3) is 0 Å². The molecule has 0 saturated carbocycles. The minimum atomic E-state index is -0.0154. The summed E-state index contributed by atoms with van der Waals surface area (Å²) in [7, 11) is 3.86. The van der Waals surface area contributed by atoms with Gasteiger partial charge in [0.15, 0.2) is 5.96 Å². The number of halogens is 1. The van der Waals surface area contributed by atoms with E-state index in [1.54, 1.807) is 7.11 Å². The molecule has 2 atom stereocenters. The second-order valence-corrected chi connectivity index (χ2v) is 6.98. The van der Waals surface area contributed by atoms with Crippen LogP contribution >= 0.6 is 24.0 Å². The summed E-state index contributed by atoms with van der Waals surface area (Å²) < 4.78 is 11.2. The summed E-state index contributed by atoms with van der Waals surface area (Å²) in [5.74, 6) is 3.14. The molecule has 0 radical (unpaired) electrons. The lowest BCUT2D eigenvalue weighted by molar-refractivity contribution is 0.210. The van der Waals surface area contributed by atoms with Crippen LogP contribution in [0.4, 0.5) is 0 Å². The highest BCUT2D eigenvalue weighted by molar-refractivity contribution is 14.0. The van der Waals surface area contributed by atoms with Gasteiger partial charge in [0, 0.05) is 25.7 Å². The minimum absolute atomic E-state index is 0. The maximum absolute atomic E-state index is 5.94. The van der Waals surface area contributed by atoms with Crippen LogP contribution < -0.4 is 20.1 Å². The van der Waals surface area contributed by atoms with Crippen LogP contribution in [-0.4, -0.2) is 63.8 Å². The molecule has 27 heavy (non-hydrogen) atoms. The highest BCUT2D eigenvalue weighted by Crippen LogP contribution is 2.20. The van der Waals surface area contributed by atoms with Crippen LogP contribution in [0, 0.1) is 5.92 Å².